The number of fused-ring (bicyclic) bond motifs is 2. The van der Waals surface area contributed by atoms with Gasteiger partial charge < -0.3 is 19.5 Å². The fourth-order valence-corrected chi connectivity index (χ4v) is 4.28. The van der Waals surface area contributed by atoms with Crippen molar-refractivity contribution < 1.29 is 19.0 Å². The summed E-state index contributed by atoms with van der Waals surface area (Å²) in [5, 5.41) is 3.85. The first-order chi connectivity index (χ1) is 16.2. The van der Waals surface area contributed by atoms with Crippen molar-refractivity contribution in [3.05, 3.63) is 54.2 Å². The van der Waals surface area contributed by atoms with Crippen LogP contribution in [0.3, 0.4) is 0 Å². The van der Waals surface area contributed by atoms with Crippen LogP contribution in [0.25, 0.3) is 10.9 Å². The monoisotopic (exact) mass is 448 g/mol. The highest BCUT2D eigenvalue weighted by Crippen LogP contribution is 2.29. The average Bonchev–Trinajstić information content (AvgIpc) is 2.84. The number of hydrogen-bond acceptors (Lipinski definition) is 7. The molecule has 33 heavy (non-hydrogen) atoms. The zero-order chi connectivity index (χ0) is 22.6. The summed E-state index contributed by atoms with van der Waals surface area (Å²) in [5.41, 5.74) is 2.84. The Morgan fingerprint density at radius 2 is 1.94 bits per heavy atom. The molecule has 2 aromatic carbocycles. The van der Waals surface area contributed by atoms with Crippen LogP contribution in [0.15, 0.2) is 48.7 Å². The molecule has 0 atom stereocenters. The van der Waals surface area contributed by atoms with Crippen LogP contribution in [0.2, 0.25) is 0 Å². The van der Waals surface area contributed by atoms with E-state index in [1.165, 1.54) is 5.56 Å². The van der Waals surface area contributed by atoms with Gasteiger partial charge in [0.25, 0.3) is 5.91 Å². The van der Waals surface area contributed by atoms with Gasteiger partial charge in [0.05, 0.1) is 24.5 Å². The van der Waals surface area contributed by atoms with Crippen LogP contribution in [0, 0.1) is 0 Å². The van der Waals surface area contributed by atoms with E-state index in [0.717, 1.165) is 73.1 Å². The molecule has 0 aliphatic carbocycles. The maximum atomic E-state index is 11.6. The number of nitrogens with zero attached hydrogens (tertiary/aromatic N) is 3. The highest BCUT2D eigenvalue weighted by molar-refractivity contribution is 5.95. The predicted octanol–water partition coefficient (Wildman–Crippen LogP) is 2.77. The molecule has 1 fully saturated rings. The molecule has 5 rings (SSSR count). The van der Waals surface area contributed by atoms with E-state index in [4.69, 9.17) is 14.2 Å². The zero-order valence-corrected chi connectivity index (χ0v) is 18.8. The minimum atomic E-state index is -0.102. The van der Waals surface area contributed by atoms with E-state index in [1.807, 2.05) is 36.4 Å². The van der Waals surface area contributed by atoms with Gasteiger partial charge in [0, 0.05) is 44.7 Å². The lowest BCUT2D eigenvalue weighted by atomic mass is 10.1. The van der Waals surface area contributed by atoms with E-state index >= 15 is 0 Å². The maximum Gasteiger partial charge on any atom is 0.262 e. The van der Waals surface area contributed by atoms with Gasteiger partial charge in [0.1, 0.15) is 23.9 Å². The Morgan fingerprint density at radius 3 is 2.79 bits per heavy atom. The molecule has 3 aromatic rings. The van der Waals surface area contributed by atoms with E-state index in [9.17, 15) is 4.79 Å². The first-order valence-electron chi connectivity index (χ1n) is 11.2. The van der Waals surface area contributed by atoms with Crippen LogP contribution in [0.4, 0.5) is 5.69 Å². The number of carbonyl (C=O) groups is 1. The van der Waals surface area contributed by atoms with E-state index in [-0.39, 0.29) is 12.5 Å². The number of aromatic nitrogens is 1. The molecular formula is C25H28N4O4. The molecule has 0 unspecified atom stereocenters. The summed E-state index contributed by atoms with van der Waals surface area (Å²) in [6.45, 7) is 6.44. The molecule has 2 aliphatic heterocycles. The molecule has 3 heterocycles. The number of hydrogen-bond donors (Lipinski definition) is 1. The lowest BCUT2D eigenvalue weighted by Crippen LogP contribution is -2.47. The summed E-state index contributed by atoms with van der Waals surface area (Å²) in [6.07, 6.45) is 1.72. The third-order valence-corrected chi connectivity index (χ3v) is 6.11. The molecule has 2 aliphatic rings. The van der Waals surface area contributed by atoms with Crippen molar-refractivity contribution in [2.24, 2.45) is 0 Å². The van der Waals surface area contributed by atoms with Crippen molar-refractivity contribution in [2.45, 2.75) is 6.54 Å². The average molecular weight is 449 g/mol. The standard InChI is InChI=1S/C25H28N4O4/c1-31-19-14-20-21(26-15-19)3-2-4-23(20)32-12-11-28-7-9-29(10-8-28)16-18-5-6-24-22(13-18)27-25(30)17-33-24/h2-6,13-15H,7-12,16-17H2,1H3,(H,27,30). The fourth-order valence-electron chi connectivity index (χ4n) is 4.28. The molecule has 1 amide bonds. The molecule has 1 aromatic heterocycles. The minimum absolute atomic E-state index is 0.0869. The molecule has 1 N–H and O–H groups in total. The number of pyridine rings is 1. The van der Waals surface area contributed by atoms with Gasteiger partial charge in [-0.05, 0) is 35.9 Å². The third-order valence-electron chi connectivity index (χ3n) is 6.11. The number of amides is 1. The quantitative estimate of drug-likeness (QED) is 0.596. The van der Waals surface area contributed by atoms with E-state index < -0.39 is 0 Å². The van der Waals surface area contributed by atoms with Crippen LogP contribution < -0.4 is 19.5 Å². The van der Waals surface area contributed by atoms with Crippen LogP contribution >= 0.6 is 0 Å². The van der Waals surface area contributed by atoms with Gasteiger partial charge in [0.2, 0.25) is 0 Å². The van der Waals surface area contributed by atoms with Crippen molar-refractivity contribution in [1.82, 2.24) is 14.8 Å². The lowest BCUT2D eigenvalue weighted by molar-refractivity contribution is -0.118. The molecule has 172 valence electrons. The molecule has 8 heteroatoms. The molecule has 8 nitrogen and oxygen atoms in total. The summed E-state index contributed by atoms with van der Waals surface area (Å²) in [4.78, 5) is 20.9. The van der Waals surface area contributed by atoms with Crippen LogP contribution in [0.5, 0.6) is 17.2 Å². The van der Waals surface area contributed by atoms with Gasteiger partial charge in [-0.15, -0.1) is 0 Å². The molecular weight excluding hydrogens is 420 g/mol. The summed E-state index contributed by atoms with van der Waals surface area (Å²) in [5.74, 6) is 2.20. The third kappa shape index (κ3) is 5.02. The summed E-state index contributed by atoms with van der Waals surface area (Å²) >= 11 is 0. The Labute approximate surface area is 193 Å². The second-order valence-electron chi connectivity index (χ2n) is 8.33. The van der Waals surface area contributed by atoms with Crippen molar-refractivity contribution in [2.75, 3.05) is 58.4 Å². The normalized spacial score (nSPS) is 16.7. The number of piperazine rings is 1. The predicted molar refractivity (Wildman–Crippen MR) is 126 cm³/mol. The van der Waals surface area contributed by atoms with Crippen molar-refractivity contribution >= 4 is 22.5 Å². The number of anilines is 1. The Kier molecular flexibility index (Phi) is 6.28. The minimum Gasteiger partial charge on any atom is -0.495 e. The van der Waals surface area contributed by atoms with E-state index in [2.05, 4.69) is 26.2 Å². The number of nitrogens with one attached hydrogen (secondary N) is 1. The SMILES string of the molecule is COc1cnc2cccc(OCCN3CCN(Cc4ccc5c(c4)NC(=O)CO5)CC3)c2c1. The summed E-state index contributed by atoms with van der Waals surface area (Å²) < 4.78 is 16.9. The van der Waals surface area contributed by atoms with Gasteiger partial charge in [0.15, 0.2) is 6.61 Å². The first-order valence-corrected chi connectivity index (χ1v) is 11.2. The van der Waals surface area contributed by atoms with Crippen LogP contribution in [-0.2, 0) is 11.3 Å². The topological polar surface area (TPSA) is 76.2 Å². The number of methoxy groups -OCH3 is 1. The number of benzene rings is 2. The Morgan fingerprint density at radius 1 is 1.09 bits per heavy atom. The van der Waals surface area contributed by atoms with Crippen molar-refractivity contribution in [1.29, 1.82) is 0 Å². The van der Waals surface area contributed by atoms with Crippen LogP contribution in [0.1, 0.15) is 5.56 Å². The van der Waals surface area contributed by atoms with Gasteiger partial charge in [-0.25, -0.2) is 0 Å². The molecule has 0 radical (unpaired) electrons. The molecule has 0 spiro atoms. The summed E-state index contributed by atoms with van der Waals surface area (Å²) in [7, 11) is 1.64. The Bertz CT molecular complexity index is 1140. The number of ether oxygens (including phenoxy) is 3. The van der Waals surface area contributed by atoms with E-state index in [1.54, 1.807) is 13.3 Å². The molecule has 0 bridgehead atoms. The van der Waals surface area contributed by atoms with Crippen molar-refractivity contribution in [3.8, 4) is 17.2 Å². The van der Waals surface area contributed by atoms with Crippen molar-refractivity contribution in [3.63, 3.8) is 0 Å². The van der Waals surface area contributed by atoms with Gasteiger partial charge >= 0.3 is 0 Å². The summed E-state index contributed by atoms with van der Waals surface area (Å²) in [6, 6.07) is 13.9. The zero-order valence-electron chi connectivity index (χ0n) is 18.8. The second kappa shape index (κ2) is 9.64. The maximum absolute atomic E-state index is 11.6. The highest BCUT2D eigenvalue weighted by Gasteiger charge is 2.19. The Balaban J connectivity index is 1.10. The van der Waals surface area contributed by atoms with Gasteiger partial charge in [-0.1, -0.05) is 12.1 Å². The van der Waals surface area contributed by atoms with Crippen LogP contribution in [-0.4, -0.2) is 73.7 Å². The fraction of sp³-hybridized carbons (Fsp3) is 0.360. The van der Waals surface area contributed by atoms with E-state index in [0.29, 0.717) is 6.61 Å². The molecule has 1 saturated heterocycles. The number of carbonyl (C=O) groups excluding carboxylic acids is 1. The van der Waals surface area contributed by atoms with Gasteiger partial charge in [-0.3, -0.25) is 19.6 Å². The highest BCUT2D eigenvalue weighted by atomic mass is 16.5. The Hall–Kier alpha value is -3.36. The largest absolute Gasteiger partial charge is 0.495 e. The second-order valence-corrected chi connectivity index (χ2v) is 8.33. The van der Waals surface area contributed by atoms with Gasteiger partial charge in [-0.2, -0.15) is 0 Å². The number of rotatable bonds is 7. The first kappa shape index (κ1) is 21.5. The molecule has 0 saturated carbocycles. The smallest absolute Gasteiger partial charge is 0.262 e. The lowest BCUT2D eigenvalue weighted by Gasteiger charge is -2.34.